The predicted molar refractivity (Wildman–Crippen MR) is 136 cm³/mol. The van der Waals surface area contributed by atoms with Crippen molar-refractivity contribution in [2.75, 3.05) is 19.5 Å². The average molecular weight is 490 g/mol. The van der Waals surface area contributed by atoms with Gasteiger partial charge in [-0.3, -0.25) is 4.79 Å². The van der Waals surface area contributed by atoms with Crippen molar-refractivity contribution in [3.05, 3.63) is 89.0 Å². The van der Waals surface area contributed by atoms with E-state index in [9.17, 15) is 14.7 Å². The number of ether oxygens (including phenoxy) is 3. The molecule has 0 spiro atoms. The minimum atomic E-state index is -1.78. The standard InChI is InChI=1S/C29H31NO6/c1-28(2,21-8-6-5-7-9-21)18-29(33,16-19-12-23(34-3)15-24(13-19)35-4)27(32)30-22-10-11-25-20(14-22)17-36-26(25)31/h5-15,33H,16-18H2,1-4H3,(H,30,32). The molecule has 0 bridgehead atoms. The Morgan fingerprint density at radius 3 is 2.31 bits per heavy atom. The molecule has 4 rings (SSSR count). The van der Waals surface area contributed by atoms with E-state index < -0.39 is 16.9 Å². The Morgan fingerprint density at radius 1 is 1.00 bits per heavy atom. The maximum atomic E-state index is 13.7. The van der Waals surface area contributed by atoms with Crippen LogP contribution in [0, 0.1) is 0 Å². The van der Waals surface area contributed by atoms with Gasteiger partial charge in [-0.05, 0) is 53.3 Å². The van der Waals surface area contributed by atoms with Gasteiger partial charge in [-0.2, -0.15) is 0 Å². The summed E-state index contributed by atoms with van der Waals surface area (Å²) < 4.78 is 15.8. The molecule has 7 heteroatoms. The summed E-state index contributed by atoms with van der Waals surface area (Å²) >= 11 is 0. The van der Waals surface area contributed by atoms with Crippen LogP contribution in [-0.2, 0) is 28.0 Å². The van der Waals surface area contributed by atoms with Crippen molar-refractivity contribution >= 4 is 17.6 Å². The third-order valence-corrected chi connectivity index (χ3v) is 6.56. The van der Waals surface area contributed by atoms with Gasteiger partial charge in [-0.15, -0.1) is 0 Å². The van der Waals surface area contributed by atoms with Crippen molar-refractivity contribution in [2.45, 2.75) is 44.3 Å². The first-order chi connectivity index (χ1) is 17.1. The quantitative estimate of drug-likeness (QED) is 0.425. The van der Waals surface area contributed by atoms with Crippen LogP contribution in [0.25, 0.3) is 0 Å². The molecule has 1 aliphatic heterocycles. The monoisotopic (exact) mass is 489 g/mol. The Hall–Kier alpha value is -3.84. The molecular formula is C29H31NO6. The van der Waals surface area contributed by atoms with Crippen molar-refractivity contribution in [3.8, 4) is 11.5 Å². The second-order valence-electron chi connectivity index (χ2n) is 9.76. The van der Waals surface area contributed by atoms with Gasteiger partial charge in [0.05, 0.1) is 19.8 Å². The van der Waals surface area contributed by atoms with Gasteiger partial charge in [0.15, 0.2) is 0 Å². The normalized spacial score (nSPS) is 14.4. The summed E-state index contributed by atoms with van der Waals surface area (Å²) in [7, 11) is 3.11. The van der Waals surface area contributed by atoms with Crippen molar-refractivity contribution in [1.29, 1.82) is 0 Å². The van der Waals surface area contributed by atoms with Crippen molar-refractivity contribution in [1.82, 2.24) is 0 Å². The number of aliphatic hydroxyl groups is 1. The van der Waals surface area contributed by atoms with E-state index in [1.54, 1.807) is 50.6 Å². The summed E-state index contributed by atoms with van der Waals surface area (Å²) in [6.45, 7) is 4.17. The molecule has 1 heterocycles. The molecule has 1 amide bonds. The maximum absolute atomic E-state index is 13.7. The number of carbonyl (C=O) groups excluding carboxylic acids is 2. The van der Waals surface area contributed by atoms with Crippen LogP contribution in [0.1, 0.15) is 47.3 Å². The Labute approximate surface area is 211 Å². The average Bonchev–Trinajstić information content (AvgIpc) is 3.23. The fraction of sp³-hybridized carbons (Fsp3) is 0.310. The Bertz CT molecular complexity index is 1250. The van der Waals surface area contributed by atoms with Crippen LogP contribution < -0.4 is 14.8 Å². The third kappa shape index (κ3) is 5.36. The molecule has 2 N–H and O–H groups in total. The number of rotatable bonds is 9. The van der Waals surface area contributed by atoms with E-state index in [1.807, 2.05) is 44.2 Å². The minimum Gasteiger partial charge on any atom is -0.497 e. The Kier molecular flexibility index (Phi) is 7.04. The molecule has 0 saturated carbocycles. The lowest BCUT2D eigenvalue weighted by atomic mass is 9.73. The smallest absolute Gasteiger partial charge is 0.338 e. The number of nitrogens with one attached hydrogen (secondary N) is 1. The molecular weight excluding hydrogens is 458 g/mol. The van der Waals surface area contributed by atoms with Crippen molar-refractivity contribution < 1.29 is 28.9 Å². The zero-order chi connectivity index (χ0) is 25.9. The molecule has 1 atom stereocenters. The second-order valence-corrected chi connectivity index (χ2v) is 9.76. The van der Waals surface area contributed by atoms with E-state index >= 15 is 0 Å². The number of esters is 1. The molecule has 0 saturated heterocycles. The molecule has 1 aliphatic rings. The largest absolute Gasteiger partial charge is 0.497 e. The Morgan fingerprint density at radius 2 is 1.67 bits per heavy atom. The molecule has 7 nitrogen and oxygen atoms in total. The minimum absolute atomic E-state index is 0.0369. The lowest BCUT2D eigenvalue weighted by molar-refractivity contribution is -0.136. The number of carbonyl (C=O) groups is 2. The number of anilines is 1. The van der Waals surface area contributed by atoms with Crippen LogP contribution in [-0.4, -0.2) is 36.8 Å². The van der Waals surface area contributed by atoms with Crippen LogP contribution in [0.3, 0.4) is 0 Å². The summed E-state index contributed by atoms with van der Waals surface area (Å²) in [6, 6.07) is 20.1. The summed E-state index contributed by atoms with van der Waals surface area (Å²) in [5, 5.41) is 14.8. The molecule has 0 aromatic heterocycles. The van der Waals surface area contributed by atoms with E-state index in [0.717, 1.165) is 5.56 Å². The van der Waals surface area contributed by atoms with E-state index in [-0.39, 0.29) is 25.4 Å². The maximum Gasteiger partial charge on any atom is 0.338 e. The zero-order valence-electron chi connectivity index (χ0n) is 21.0. The van der Waals surface area contributed by atoms with Crippen molar-refractivity contribution in [2.24, 2.45) is 0 Å². The third-order valence-electron chi connectivity index (χ3n) is 6.56. The van der Waals surface area contributed by atoms with Gasteiger partial charge in [0.1, 0.15) is 23.7 Å². The summed E-state index contributed by atoms with van der Waals surface area (Å²) in [5.74, 6) is 0.213. The molecule has 3 aromatic carbocycles. The first kappa shape index (κ1) is 25.3. The number of hydrogen-bond acceptors (Lipinski definition) is 6. The number of hydrogen-bond donors (Lipinski definition) is 2. The first-order valence-electron chi connectivity index (χ1n) is 11.7. The lowest BCUT2D eigenvalue weighted by Crippen LogP contribution is -2.49. The topological polar surface area (TPSA) is 94.1 Å². The highest BCUT2D eigenvalue weighted by Gasteiger charge is 2.42. The van der Waals surface area contributed by atoms with Crippen molar-refractivity contribution in [3.63, 3.8) is 0 Å². The van der Waals surface area contributed by atoms with Crippen LogP contribution in [0.5, 0.6) is 11.5 Å². The summed E-state index contributed by atoms with van der Waals surface area (Å²) in [5.41, 5.74) is 1.07. The van der Waals surface area contributed by atoms with Gasteiger partial charge in [0.2, 0.25) is 0 Å². The van der Waals surface area contributed by atoms with Gasteiger partial charge in [0.25, 0.3) is 5.91 Å². The van der Waals surface area contributed by atoms with Crippen LogP contribution in [0.15, 0.2) is 66.7 Å². The van der Waals surface area contributed by atoms with Gasteiger partial charge in [0, 0.05) is 23.7 Å². The van der Waals surface area contributed by atoms with E-state index in [0.29, 0.717) is 33.9 Å². The molecule has 36 heavy (non-hydrogen) atoms. The first-order valence-corrected chi connectivity index (χ1v) is 11.7. The molecule has 188 valence electrons. The highest BCUT2D eigenvalue weighted by Crippen LogP contribution is 2.36. The fourth-order valence-electron chi connectivity index (χ4n) is 4.71. The molecule has 0 radical (unpaired) electrons. The number of cyclic esters (lactones) is 1. The van der Waals surface area contributed by atoms with Crippen LogP contribution in [0.2, 0.25) is 0 Å². The van der Waals surface area contributed by atoms with Gasteiger partial charge in [-0.1, -0.05) is 44.2 Å². The number of fused-ring (bicyclic) bond motifs is 1. The Balaban J connectivity index is 1.68. The molecule has 3 aromatic rings. The van der Waals surface area contributed by atoms with Gasteiger partial charge >= 0.3 is 5.97 Å². The highest BCUT2D eigenvalue weighted by molar-refractivity contribution is 5.99. The molecule has 0 fully saturated rings. The summed E-state index contributed by atoms with van der Waals surface area (Å²) in [6.07, 6.45) is 0.192. The van der Waals surface area contributed by atoms with Gasteiger partial charge in [-0.25, -0.2) is 4.79 Å². The summed E-state index contributed by atoms with van der Waals surface area (Å²) in [4.78, 5) is 25.5. The fourth-order valence-corrected chi connectivity index (χ4v) is 4.71. The lowest BCUT2D eigenvalue weighted by Gasteiger charge is -2.36. The van der Waals surface area contributed by atoms with E-state index in [1.165, 1.54) is 0 Å². The van der Waals surface area contributed by atoms with Gasteiger partial charge < -0.3 is 24.6 Å². The van der Waals surface area contributed by atoms with E-state index in [2.05, 4.69) is 5.32 Å². The zero-order valence-corrected chi connectivity index (χ0v) is 21.0. The molecule has 0 aliphatic carbocycles. The number of amides is 1. The SMILES string of the molecule is COc1cc(CC(O)(CC(C)(C)c2ccccc2)C(=O)Nc2ccc3c(c2)COC3=O)cc(OC)c1. The second kappa shape index (κ2) is 10.0. The highest BCUT2D eigenvalue weighted by atomic mass is 16.5. The van der Waals surface area contributed by atoms with E-state index in [4.69, 9.17) is 14.2 Å². The van der Waals surface area contributed by atoms with Crippen LogP contribution in [0.4, 0.5) is 5.69 Å². The predicted octanol–water partition coefficient (Wildman–Crippen LogP) is 4.65. The molecule has 1 unspecified atom stereocenters. The number of benzene rings is 3. The van der Waals surface area contributed by atoms with Crippen LogP contribution >= 0.6 is 0 Å². The number of methoxy groups -OCH3 is 2.